The molecule has 28 heavy (non-hydrogen) atoms. The summed E-state index contributed by atoms with van der Waals surface area (Å²) in [5.74, 6) is 1.21. The second-order valence-electron chi connectivity index (χ2n) is 8.88. The van der Waals surface area contributed by atoms with Gasteiger partial charge in [0.1, 0.15) is 5.75 Å². The van der Waals surface area contributed by atoms with Gasteiger partial charge < -0.3 is 4.74 Å². The van der Waals surface area contributed by atoms with E-state index in [0.717, 1.165) is 12.2 Å². The summed E-state index contributed by atoms with van der Waals surface area (Å²) in [7, 11) is 0. The first-order valence-electron chi connectivity index (χ1n) is 12.1. The zero-order valence-electron chi connectivity index (χ0n) is 19.1. The van der Waals surface area contributed by atoms with Crippen LogP contribution in [0.4, 0.5) is 0 Å². The third kappa shape index (κ3) is 12.4. The highest BCUT2D eigenvalue weighted by Gasteiger charge is 2.28. The standard InChI is InChI=1S/C26H47NO/c1-4-5-6-7-8-9-10-11-12-13-14-15-16-18-21-24(2)26(3,27)28-25-22-19-17-20-23-25/h17,19-20,22-24H,4-16,18,21,27H2,1-3H3. The summed E-state index contributed by atoms with van der Waals surface area (Å²) < 4.78 is 6.01. The third-order valence-corrected chi connectivity index (χ3v) is 6.05. The van der Waals surface area contributed by atoms with Crippen molar-refractivity contribution in [2.75, 3.05) is 0 Å². The molecule has 2 unspecified atom stereocenters. The van der Waals surface area contributed by atoms with Gasteiger partial charge in [0.2, 0.25) is 0 Å². The average molecular weight is 390 g/mol. The first kappa shape index (κ1) is 25.0. The van der Waals surface area contributed by atoms with Crippen molar-refractivity contribution in [2.45, 2.75) is 123 Å². The quantitative estimate of drug-likeness (QED) is 0.202. The van der Waals surface area contributed by atoms with Gasteiger partial charge in [-0.3, -0.25) is 5.73 Å². The Morgan fingerprint density at radius 3 is 1.64 bits per heavy atom. The molecule has 1 rings (SSSR count). The molecule has 1 aromatic carbocycles. The summed E-state index contributed by atoms with van der Waals surface area (Å²) in [5, 5.41) is 0. The van der Waals surface area contributed by atoms with Gasteiger partial charge in [-0.25, -0.2) is 0 Å². The number of nitrogens with two attached hydrogens (primary N) is 1. The van der Waals surface area contributed by atoms with E-state index in [4.69, 9.17) is 10.5 Å². The van der Waals surface area contributed by atoms with Crippen molar-refractivity contribution >= 4 is 0 Å². The van der Waals surface area contributed by atoms with Gasteiger partial charge in [0.15, 0.2) is 5.72 Å². The van der Waals surface area contributed by atoms with Crippen molar-refractivity contribution in [3.05, 3.63) is 30.3 Å². The molecule has 0 aliphatic heterocycles. The molecule has 0 aliphatic rings. The monoisotopic (exact) mass is 389 g/mol. The molecule has 162 valence electrons. The zero-order chi connectivity index (χ0) is 20.5. The van der Waals surface area contributed by atoms with Crippen LogP contribution in [0.5, 0.6) is 5.75 Å². The van der Waals surface area contributed by atoms with Crippen molar-refractivity contribution < 1.29 is 4.74 Å². The summed E-state index contributed by atoms with van der Waals surface area (Å²) in [6.07, 6.45) is 20.8. The Morgan fingerprint density at radius 2 is 1.18 bits per heavy atom. The van der Waals surface area contributed by atoms with E-state index in [1.165, 1.54) is 89.9 Å². The lowest BCUT2D eigenvalue weighted by Gasteiger charge is -2.32. The zero-order valence-corrected chi connectivity index (χ0v) is 19.1. The lowest BCUT2D eigenvalue weighted by atomic mass is 9.93. The van der Waals surface area contributed by atoms with Crippen LogP contribution in [-0.4, -0.2) is 5.72 Å². The predicted molar refractivity (Wildman–Crippen MR) is 124 cm³/mol. The molecule has 2 N–H and O–H groups in total. The highest BCUT2D eigenvalue weighted by molar-refractivity contribution is 5.21. The van der Waals surface area contributed by atoms with Crippen molar-refractivity contribution in [1.82, 2.24) is 0 Å². The van der Waals surface area contributed by atoms with Gasteiger partial charge in [-0.2, -0.15) is 0 Å². The van der Waals surface area contributed by atoms with Gasteiger partial charge in [0.05, 0.1) is 0 Å². The number of hydrogen-bond acceptors (Lipinski definition) is 2. The van der Waals surface area contributed by atoms with Crippen LogP contribution in [0.3, 0.4) is 0 Å². The molecule has 0 radical (unpaired) electrons. The highest BCUT2D eigenvalue weighted by Crippen LogP contribution is 2.25. The van der Waals surface area contributed by atoms with Crippen molar-refractivity contribution in [1.29, 1.82) is 0 Å². The second kappa shape index (κ2) is 15.9. The number of para-hydroxylation sites is 1. The number of benzene rings is 1. The minimum Gasteiger partial charge on any atom is -0.473 e. The topological polar surface area (TPSA) is 35.2 Å². The maximum atomic E-state index is 6.42. The largest absolute Gasteiger partial charge is 0.473 e. The Balaban J connectivity index is 1.93. The molecule has 0 aromatic heterocycles. The molecule has 0 aliphatic carbocycles. The Hall–Kier alpha value is -1.02. The Kier molecular flexibility index (Phi) is 14.2. The van der Waals surface area contributed by atoms with Gasteiger partial charge >= 0.3 is 0 Å². The molecule has 0 amide bonds. The molecule has 1 aromatic rings. The Bertz CT molecular complexity index is 457. The van der Waals surface area contributed by atoms with Crippen LogP contribution >= 0.6 is 0 Å². The SMILES string of the molecule is CCCCCCCCCCCCCCCCC(C)C(C)(N)Oc1ccccc1. The van der Waals surface area contributed by atoms with E-state index < -0.39 is 5.72 Å². The molecule has 0 heterocycles. The van der Waals surface area contributed by atoms with Gasteiger partial charge in [-0.1, -0.05) is 122 Å². The van der Waals surface area contributed by atoms with Gasteiger partial charge in [-0.05, 0) is 25.5 Å². The summed E-state index contributed by atoms with van der Waals surface area (Å²) >= 11 is 0. The molecule has 0 saturated carbocycles. The van der Waals surface area contributed by atoms with E-state index in [-0.39, 0.29) is 0 Å². The van der Waals surface area contributed by atoms with Crippen molar-refractivity contribution in [3.8, 4) is 5.75 Å². The molecule has 0 bridgehead atoms. The Morgan fingerprint density at radius 1 is 0.750 bits per heavy atom. The minimum absolute atomic E-state index is 0.352. The van der Waals surface area contributed by atoms with E-state index in [9.17, 15) is 0 Å². The van der Waals surface area contributed by atoms with E-state index in [0.29, 0.717) is 5.92 Å². The van der Waals surface area contributed by atoms with Gasteiger partial charge in [0.25, 0.3) is 0 Å². The molecular weight excluding hydrogens is 342 g/mol. The van der Waals surface area contributed by atoms with Crippen LogP contribution < -0.4 is 10.5 Å². The van der Waals surface area contributed by atoms with Crippen LogP contribution in [0.2, 0.25) is 0 Å². The molecule has 2 heteroatoms. The molecule has 2 atom stereocenters. The lowest BCUT2D eigenvalue weighted by molar-refractivity contribution is 0.0343. The van der Waals surface area contributed by atoms with Crippen LogP contribution in [0, 0.1) is 5.92 Å². The fraction of sp³-hybridized carbons (Fsp3) is 0.769. The molecular formula is C26H47NO. The van der Waals surface area contributed by atoms with Crippen molar-refractivity contribution in [2.24, 2.45) is 11.7 Å². The van der Waals surface area contributed by atoms with Gasteiger partial charge in [-0.15, -0.1) is 0 Å². The maximum absolute atomic E-state index is 6.42. The van der Waals surface area contributed by atoms with Crippen LogP contribution in [-0.2, 0) is 0 Å². The number of ether oxygens (including phenoxy) is 1. The summed E-state index contributed by atoms with van der Waals surface area (Å²) in [6, 6.07) is 9.93. The van der Waals surface area contributed by atoms with Crippen LogP contribution in [0.1, 0.15) is 117 Å². The summed E-state index contributed by atoms with van der Waals surface area (Å²) in [4.78, 5) is 0. The van der Waals surface area contributed by atoms with Crippen molar-refractivity contribution in [3.63, 3.8) is 0 Å². The van der Waals surface area contributed by atoms with Crippen LogP contribution in [0.15, 0.2) is 30.3 Å². The molecule has 0 saturated heterocycles. The van der Waals surface area contributed by atoms with E-state index >= 15 is 0 Å². The third-order valence-electron chi connectivity index (χ3n) is 6.05. The first-order valence-corrected chi connectivity index (χ1v) is 12.1. The number of unbranched alkanes of at least 4 members (excludes halogenated alkanes) is 13. The van der Waals surface area contributed by atoms with E-state index in [1.54, 1.807) is 0 Å². The molecule has 0 fully saturated rings. The summed E-state index contributed by atoms with van der Waals surface area (Å²) in [6.45, 7) is 6.51. The summed E-state index contributed by atoms with van der Waals surface area (Å²) in [5.41, 5.74) is 5.83. The number of rotatable bonds is 18. The van der Waals surface area contributed by atoms with Gasteiger partial charge in [0, 0.05) is 5.92 Å². The fourth-order valence-electron chi connectivity index (χ4n) is 3.77. The minimum atomic E-state index is -0.599. The lowest BCUT2D eigenvalue weighted by Crippen LogP contribution is -2.48. The number of hydrogen-bond donors (Lipinski definition) is 1. The molecule has 2 nitrogen and oxygen atoms in total. The fourth-order valence-corrected chi connectivity index (χ4v) is 3.77. The average Bonchev–Trinajstić information content (AvgIpc) is 2.68. The normalized spacial score (nSPS) is 14.6. The molecule has 0 spiro atoms. The smallest absolute Gasteiger partial charge is 0.158 e. The Labute approximate surface area is 175 Å². The second-order valence-corrected chi connectivity index (χ2v) is 8.88. The van der Waals surface area contributed by atoms with E-state index in [1.807, 2.05) is 37.3 Å². The van der Waals surface area contributed by atoms with E-state index in [2.05, 4.69) is 13.8 Å². The van der Waals surface area contributed by atoms with Crippen LogP contribution in [0.25, 0.3) is 0 Å². The predicted octanol–water partition coefficient (Wildman–Crippen LogP) is 8.25. The maximum Gasteiger partial charge on any atom is 0.158 e. The highest BCUT2D eigenvalue weighted by atomic mass is 16.5. The first-order chi connectivity index (χ1) is 13.6.